The van der Waals surface area contributed by atoms with Crippen molar-refractivity contribution in [1.82, 2.24) is 5.32 Å². The van der Waals surface area contributed by atoms with Gasteiger partial charge in [-0.15, -0.1) is 0 Å². The molecule has 0 saturated carbocycles. The van der Waals surface area contributed by atoms with Gasteiger partial charge in [0.1, 0.15) is 5.82 Å². The number of unbranched alkanes of at least 4 members (excludes halogenated alkanes) is 2. The second kappa shape index (κ2) is 7.01. The van der Waals surface area contributed by atoms with Gasteiger partial charge in [0, 0.05) is 12.1 Å². The molecule has 0 heterocycles. The maximum absolute atomic E-state index is 13.4. The molecule has 0 bridgehead atoms. The molecule has 0 fully saturated rings. The summed E-state index contributed by atoms with van der Waals surface area (Å²) in [5.74, 6) is -1.39. The summed E-state index contributed by atoms with van der Waals surface area (Å²) in [6, 6.07) is 3.86. The normalized spacial score (nSPS) is 10.5. The lowest BCUT2D eigenvalue weighted by atomic mass is 10.1. The van der Waals surface area contributed by atoms with Crippen molar-refractivity contribution in [3.05, 3.63) is 35.1 Å². The third-order valence-electron chi connectivity index (χ3n) is 2.57. The van der Waals surface area contributed by atoms with Crippen molar-refractivity contribution in [2.45, 2.75) is 32.7 Å². The van der Waals surface area contributed by atoms with Crippen LogP contribution in [0.1, 0.15) is 42.1 Å². The molecule has 0 aliphatic carbocycles. The van der Waals surface area contributed by atoms with Crippen LogP contribution in [0.25, 0.3) is 0 Å². The zero-order valence-electron chi connectivity index (χ0n) is 10.0. The molecule has 0 atom stereocenters. The standard InChI is InChI=1S/C13H18FNO2/c1-2-3-4-7-15-9-11-8-10(13(16)17)5-6-12(11)14/h5-6,8,15H,2-4,7,9H2,1H3,(H,16,17). The van der Waals surface area contributed by atoms with Gasteiger partial charge in [0.2, 0.25) is 0 Å². The van der Waals surface area contributed by atoms with Crippen LogP contribution in [-0.4, -0.2) is 17.6 Å². The van der Waals surface area contributed by atoms with Crippen molar-refractivity contribution in [3.8, 4) is 0 Å². The van der Waals surface area contributed by atoms with Crippen LogP contribution in [0.15, 0.2) is 18.2 Å². The van der Waals surface area contributed by atoms with Gasteiger partial charge in [-0.1, -0.05) is 19.8 Å². The smallest absolute Gasteiger partial charge is 0.335 e. The van der Waals surface area contributed by atoms with Gasteiger partial charge in [0.05, 0.1) is 5.56 Å². The number of hydrogen-bond donors (Lipinski definition) is 2. The van der Waals surface area contributed by atoms with E-state index in [0.717, 1.165) is 25.8 Å². The molecular weight excluding hydrogens is 221 g/mol. The van der Waals surface area contributed by atoms with E-state index in [9.17, 15) is 9.18 Å². The monoisotopic (exact) mass is 239 g/mol. The number of carboxylic acid groups (broad SMARTS) is 1. The summed E-state index contributed by atoms with van der Waals surface area (Å²) in [4.78, 5) is 10.7. The number of nitrogens with one attached hydrogen (secondary N) is 1. The van der Waals surface area contributed by atoms with E-state index in [1.807, 2.05) is 0 Å². The Balaban J connectivity index is 2.51. The molecule has 17 heavy (non-hydrogen) atoms. The average Bonchev–Trinajstić information content (AvgIpc) is 2.30. The lowest BCUT2D eigenvalue weighted by molar-refractivity contribution is 0.0696. The first-order chi connectivity index (χ1) is 8.15. The highest BCUT2D eigenvalue weighted by molar-refractivity contribution is 5.87. The first-order valence-corrected chi connectivity index (χ1v) is 5.87. The van der Waals surface area contributed by atoms with Crippen molar-refractivity contribution in [3.63, 3.8) is 0 Å². The third kappa shape index (κ3) is 4.53. The minimum absolute atomic E-state index is 0.122. The Bertz CT molecular complexity index is 380. The van der Waals surface area contributed by atoms with E-state index in [1.165, 1.54) is 18.2 Å². The lowest BCUT2D eigenvalue weighted by Gasteiger charge is -2.06. The van der Waals surface area contributed by atoms with Gasteiger partial charge in [-0.05, 0) is 31.2 Å². The topological polar surface area (TPSA) is 49.3 Å². The van der Waals surface area contributed by atoms with E-state index < -0.39 is 5.97 Å². The van der Waals surface area contributed by atoms with E-state index in [1.54, 1.807) is 0 Å². The number of carboxylic acids is 1. The van der Waals surface area contributed by atoms with Gasteiger partial charge >= 0.3 is 5.97 Å². The van der Waals surface area contributed by atoms with Crippen LogP contribution < -0.4 is 5.32 Å². The lowest BCUT2D eigenvalue weighted by Crippen LogP contribution is -2.16. The van der Waals surface area contributed by atoms with Gasteiger partial charge in [0.15, 0.2) is 0 Å². The molecule has 1 rings (SSSR count). The molecular formula is C13H18FNO2. The summed E-state index contributed by atoms with van der Waals surface area (Å²) < 4.78 is 13.4. The molecule has 0 spiro atoms. The molecule has 0 saturated heterocycles. The predicted molar refractivity (Wildman–Crippen MR) is 64.6 cm³/mol. The van der Waals surface area contributed by atoms with E-state index in [4.69, 9.17) is 5.11 Å². The summed E-state index contributed by atoms with van der Waals surface area (Å²) >= 11 is 0. The molecule has 0 radical (unpaired) electrons. The molecule has 2 N–H and O–H groups in total. The van der Waals surface area contributed by atoms with Gasteiger partial charge in [-0.3, -0.25) is 0 Å². The van der Waals surface area contributed by atoms with Crippen LogP contribution in [0.5, 0.6) is 0 Å². The van der Waals surface area contributed by atoms with E-state index in [2.05, 4.69) is 12.2 Å². The quantitative estimate of drug-likeness (QED) is 0.719. The highest BCUT2D eigenvalue weighted by Crippen LogP contribution is 2.10. The second-order valence-corrected chi connectivity index (χ2v) is 4.00. The maximum Gasteiger partial charge on any atom is 0.335 e. The Hall–Kier alpha value is -1.42. The highest BCUT2D eigenvalue weighted by Gasteiger charge is 2.07. The van der Waals surface area contributed by atoms with Crippen LogP contribution in [0.3, 0.4) is 0 Å². The van der Waals surface area contributed by atoms with Crippen molar-refractivity contribution in [1.29, 1.82) is 0 Å². The second-order valence-electron chi connectivity index (χ2n) is 4.00. The molecule has 0 amide bonds. The molecule has 1 aromatic carbocycles. The van der Waals surface area contributed by atoms with Gasteiger partial charge < -0.3 is 10.4 Å². The molecule has 0 aliphatic heterocycles. The fourth-order valence-corrected chi connectivity index (χ4v) is 1.57. The highest BCUT2D eigenvalue weighted by atomic mass is 19.1. The van der Waals surface area contributed by atoms with Crippen LogP contribution >= 0.6 is 0 Å². The van der Waals surface area contributed by atoms with Crippen LogP contribution in [0, 0.1) is 5.82 Å². The summed E-state index contributed by atoms with van der Waals surface area (Å²) in [7, 11) is 0. The fourth-order valence-electron chi connectivity index (χ4n) is 1.57. The first kappa shape index (κ1) is 13.6. The maximum atomic E-state index is 13.4. The summed E-state index contributed by atoms with van der Waals surface area (Å²) in [5, 5.41) is 11.9. The van der Waals surface area contributed by atoms with Crippen LogP contribution in [0.2, 0.25) is 0 Å². The first-order valence-electron chi connectivity index (χ1n) is 5.87. The number of carbonyl (C=O) groups is 1. The molecule has 94 valence electrons. The molecule has 0 unspecified atom stereocenters. The van der Waals surface area contributed by atoms with Gasteiger partial charge in [-0.25, -0.2) is 9.18 Å². The summed E-state index contributed by atoms with van der Waals surface area (Å²) in [6.45, 7) is 3.32. The van der Waals surface area contributed by atoms with Crippen molar-refractivity contribution in [2.24, 2.45) is 0 Å². The van der Waals surface area contributed by atoms with E-state index >= 15 is 0 Å². The van der Waals surface area contributed by atoms with Crippen LogP contribution in [0.4, 0.5) is 4.39 Å². The SMILES string of the molecule is CCCCCNCc1cc(C(=O)O)ccc1F. The third-order valence-corrected chi connectivity index (χ3v) is 2.57. The molecule has 3 nitrogen and oxygen atoms in total. The zero-order valence-corrected chi connectivity index (χ0v) is 10.0. The minimum atomic E-state index is -1.03. The Morgan fingerprint density at radius 2 is 2.18 bits per heavy atom. The Labute approximate surface area is 101 Å². The number of benzene rings is 1. The minimum Gasteiger partial charge on any atom is -0.478 e. The van der Waals surface area contributed by atoms with Crippen molar-refractivity contribution >= 4 is 5.97 Å². The number of aromatic carboxylic acids is 1. The van der Waals surface area contributed by atoms with Crippen molar-refractivity contribution < 1.29 is 14.3 Å². The Kier molecular flexibility index (Phi) is 5.63. The van der Waals surface area contributed by atoms with E-state index in [-0.39, 0.29) is 11.4 Å². The van der Waals surface area contributed by atoms with Crippen LogP contribution in [-0.2, 0) is 6.54 Å². The van der Waals surface area contributed by atoms with Gasteiger partial charge in [0.25, 0.3) is 0 Å². The molecule has 0 aliphatic rings. The summed E-state index contributed by atoms with van der Waals surface area (Å²) in [5.41, 5.74) is 0.526. The van der Waals surface area contributed by atoms with Gasteiger partial charge in [-0.2, -0.15) is 0 Å². The molecule has 1 aromatic rings. The molecule has 0 aromatic heterocycles. The Morgan fingerprint density at radius 3 is 2.82 bits per heavy atom. The number of halogens is 1. The van der Waals surface area contributed by atoms with E-state index in [0.29, 0.717) is 12.1 Å². The Morgan fingerprint density at radius 1 is 1.41 bits per heavy atom. The fraction of sp³-hybridized carbons (Fsp3) is 0.462. The zero-order chi connectivity index (χ0) is 12.7. The number of rotatable bonds is 7. The summed E-state index contributed by atoms with van der Waals surface area (Å²) in [6.07, 6.45) is 3.34. The molecule has 4 heteroatoms. The predicted octanol–water partition coefficient (Wildman–Crippen LogP) is 2.80. The average molecular weight is 239 g/mol. The largest absolute Gasteiger partial charge is 0.478 e. The number of hydrogen-bond acceptors (Lipinski definition) is 2. The van der Waals surface area contributed by atoms with Crippen molar-refractivity contribution in [2.75, 3.05) is 6.54 Å².